The summed E-state index contributed by atoms with van der Waals surface area (Å²) >= 11 is 1.45. The van der Waals surface area contributed by atoms with Crippen LogP contribution in [0.3, 0.4) is 0 Å². The molecule has 4 rings (SSSR count). The van der Waals surface area contributed by atoms with Crippen molar-refractivity contribution in [3.63, 3.8) is 0 Å². The molecule has 0 aliphatic carbocycles. The second-order valence-electron chi connectivity index (χ2n) is 12.0. The molecule has 0 N–H and O–H groups in total. The summed E-state index contributed by atoms with van der Waals surface area (Å²) in [5.74, 6) is 1.26. The fourth-order valence-electron chi connectivity index (χ4n) is 5.08. The zero-order valence-electron chi connectivity index (χ0n) is 28.9. The van der Waals surface area contributed by atoms with Crippen LogP contribution in [0.1, 0.15) is 117 Å². The van der Waals surface area contributed by atoms with E-state index in [1.807, 2.05) is 23.6 Å². The van der Waals surface area contributed by atoms with Gasteiger partial charge < -0.3 is 18.9 Å². The molecule has 3 aromatic carbocycles. The number of hydrogen-bond donors (Lipinski definition) is 0. The van der Waals surface area contributed by atoms with Gasteiger partial charge in [-0.25, -0.2) is 9.59 Å². The smallest absolute Gasteiger partial charge is 0.344 e. The molecule has 0 amide bonds. The van der Waals surface area contributed by atoms with Gasteiger partial charge in [0.05, 0.1) is 30.0 Å². The van der Waals surface area contributed by atoms with Crippen LogP contribution in [-0.2, 0) is 0 Å². The zero-order valence-corrected chi connectivity index (χ0v) is 29.7. The number of unbranched alkanes of at least 4 members (excludes halogenated alkanes) is 10. The van der Waals surface area contributed by atoms with E-state index in [1.165, 1.54) is 62.7 Å². The van der Waals surface area contributed by atoms with Crippen molar-refractivity contribution in [1.82, 2.24) is 0 Å². The van der Waals surface area contributed by atoms with E-state index >= 15 is 0 Å². The molecule has 0 fully saturated rings. The Labute approximate surface area is 295 Å². The van der Waals surface area contributed by atoms with Gasteiger partial charge in [0, 0.05) is 11.6 Å². The molecule has 0 aliphatic rings. The van der Waals surface area contributed by atoms with Crippen molar-refractivity contribution in [2.45, 2.75) is 90.9 Å². The minimum absolute atomic E-state index is 0.384. The number of benzene rings is 3. The van der Waals surface area contributed by atoms with Gasteiger partial charge in [-0.15, -0.1) is 0 Å². The fraction of sp³-hybridized carbons (Fsp3) is 0.390. The van der Waals surface area contributed by atoms with Crippen molar-refractivity contribution in [3.8, 4) is 23.0 Å². The maximum Gasteiger partial charge on any atom is 0.344 e. The molecule has 0 saturated carbocycles. The first-order chi connectivity index (χ1) is 24.1. The fourth-order valence-corrected chi connectivity index (χ4v) is 5.71. The van der Waals surface area contributed by atoms with Gasteiger partial charge in [-0.05, 0) is 96.6 Å². The summed E-state index contributed by atoms with van der Waals surface area (Å²) in [7, 11) is 0. The lowest BCUT2D eigenvalue weighted by Gasteiger charge is -2.14. The maximum absolute atomic E-state index is 13.1. The van der Waals surface area contributed by atoms with Crippen LogP contribution >= 0.6 is 11.3 Å². The number of hydrogen-bond acceptors (Lipinski definition) is 8. The van der Waals surface area contributed by atoms with Crippen molar-refractivity contribution < 1.29 is 28.5 Å². The summed E-state index contributed by atoms with van der Waals surface area (Å²) in [5, 5.41) is 3.59. The van der Waals surface area contributed by atoms with Gasteiger partial charge in [-0.1, -0.05) is 78.1 Å². The monoisotopic (exact) mass is 683 g/mol. The Morgan fingerprint density at radius 2 is 1.16 bits per heavy atom. The summed E-state index contributed by atoms with van der Waals surface area (Å²) in [6, 6.07) is 21.1. The lowest BCUT2D eigenvalue weighted by atomic mass is 10.1. The summed E-state index contributed by atoms with van der Waals surface area (Å²) in [6.45, 7) is 5.64. The molecule has 260 valence electrons. The molecule has 0 spiro atoms. The van der Waals surface area contributed by atoms with Crippen molar-refractivity contribution in [2.75, 3.05) is 13.2 Å². The predicted octanol–water partition coefficient (Wildman–Crippen LogP) is 11.4. The minimum Gasteiger partial charge on any atom is -0.490 e. The summed E-state index contributed by atoms with van der Waals surface area (Å²) in [4.78, 5) is 29.8. The van der Waals surface area contributed by atoms with Crippen molar-refractivity contribution in [3.05, 3.63) is 100 Å². The molecule has 0 aliphatic heterocycles. The molecule has 0 saturated heterocycles. The normalized spacial score (nSPS) is 11.1. The SMILES string of the molecule is CCCCCCCCOc1ccc(C(=O)Oc2ccc(N=Cc3ccc(OC(=O)c4ccsc4)cc3)cc2)cc1OCCCCCCCC. The Morgan fingerprint density at radius 3 is 1.76 bits per heavy atom. The van der Waals surface area contributed by atoms with Crippen molar-refractivity contribution >= 4 is 35.2 Å². The van der Waals surface area contributed by atoms with Crippen LogP contribution < -0.4 is 18.9 Å². The van der Waals surface area contributed by atoms with Gasteiger partial charge in [0.2, 0.25) is 0 Å². The van der Waals surface area contributed by atoms with E-state index in [0.717, 1.165) is 31.2 Å². The van der Waals surface area contributed by atoms with Gasteiger partial charge in [0.15, 0.2) is 11.5 Å². The van der Waals surface area contributed by atoms with E-state index in [0.29, 0.717) is 53.0 Å². The van der Waals surface area contributed by atoms with Crippen molar-refractivity contribution in [2.24, 2.45) is 4.99 Å². The number of nitrogens with zero attached hydrogens (tertiary/aromatic N) is 1. The molecule has 0 bridgehead atoms. The third kappa shape index (κ3) is 13.5. The lowest BCUT2D eigenvalue weighted by Crippen LogP contribution is -2.10. The largest absolute Gasteiger partial charge is 0.490 e. The molecular formula is C41H49NO6S. The van der Waals surface area contributed by atoms with Gasteiger partial charge in [0.1, 0.15) is 11.5 Å². The third-order valence-electron chi connectivity index (χ3n) is 7.95. The standard InChI is InChI=1S/C41H49NO6S/c1-3-5-7-9-11-13-26-45-38-24-17-33(29-39(38)46-27-14-12-10-8-6-4-2)40(43)47-37-22-18-35(19-23-37)42-30-32-15-20-36(21-16-32)48-41(44)34-25-28-49-31-34/h15-25,28-31H,3-14,26-27H2,1-2H3. The van der Waals surface area contributed by atoms with E-state index in [4.69, 9.17) is 18.9 Å². The first kappa shape index (κ1) is 37.4. The molecule has 4 aromatic rings. The van der Waals surface area contributed by atoms with E-state index in [-0.39, 0.29) is 5.97 Å². The molecule has 49 heavy (non-hydrogen) atoms. The Bertz CT molecular complexity index is 1560. The molecule has 0 atom stereocenters. The second kappa shape index (κ2) is 21.5. The highest BCUT2D eigenvalue weighted by atomic mass is 32.1. The second-order valence-corrected chi connectivity index (χ2v) is 12.8. The molecule has 8 heteroatoms. The molecule has 1 aromatic heterocycles. The molecule has 7 nitrogen and oxygen atoms in total. The predicted molar refractivity (Wildman–Crippen MR) is 199 cm³/mol. The zero-order chi connectivity index (χ0) is 34.5. The van der Waals surface area contributed by atoms with Gasteiger partial charge in [-0.2, -0.15) is 11.3 Å². The van der Waals surface area contributed by atoms with E-state index in [9.17, 15) is 9.59 Å². The number of thiophene rings is 1. The van der Waals surface area contributed by atoms with E-state index < -0.39 is 5.97 Å². The van der Waals surface area contributed by atoms with Gasteiger partial charge >= 0.3 is 11.9 Å². The highest BCUT2D eigenvalue weighted by molar-refractivity contribution is 7.08. The number of ether oxygens (including phenoxy) is 4. The van der Waals surface area contributed by atoms with Gasteiger partial charge in [0.25, 0.3) is 0 Å². The summed E-state index contributed by atoms with van der Waals surface area (Å²) in [6.07, 6.45) is 15.9. The topological polar surface area (TPSA) is 83.4 Å². The number of aliphatic imine (C=N–C) groups is 1. The van der Waals surface area contributed by atoms with Crippen LogP contribution in [0.4, 0.5) is 5.69 Å². The minimum atomic E-state index is -0.470. The summed E-state index contributed by atoms with van der Waals surface area (Å²) in [5.41, 5.74) is 2.48. The van der Waals surface area contributed by atoms with E-state index in [2.05, 4.69) is 18.8 Å². The van der Waals surface area contributed by atoms with Crippen LogP contribution in [0.5, 0.6) is 23.0 Å². The average molecular weight is 684 g/mol. The number of esters is 2. The van der Waals surface area contributed by atoms with Crippen LogP contribution in [0.15, 0.2) is 88.5 Å². The number of rotatable bonds is 22. The maximum atomic E-state index is 13.1. The van der Waals surface area contributed by atoms with Crippen molar-refractivity contribution in [1.29, 1.82) is 0 Å². The first-order valence-corrected chi connectivity index (χ1v) is 18.6. The van der Waals surface area contributed by atoms with Crippen LogP contribution in [0, 0.1) is 0 Å². The molecule has 1 heterocycles. The Hall–Kier alpha value is -4.43. The highest BCUT2D eigenvalue weighted by Gasteiger charge is 2.15. The molecule has 0 radical (unpaired) electrons. The lowest BCUT2D eigenvalue weighted by molar-refractivity contribution is 0.0725. The molecular weight excluding hydrogens is 635 g/mol. The van der Waals surface area contributed by atoms with Crippen LogP contribution in [-0.4, -0.2) is 31.4 Å². The Morgan fingerprint density at radius 1 is 0.612 bits per heavy atom. The Kier molecular flexibility index (Phi) is 16.4. The quantitative estimate of drug-likeness (QED) is 0.0355. The Balaban J connectivity index is 1.30. The number of carbonyl (C=O) groups is 2. The highest BCUT2D eigenvalue weighted by Crippen LogP contribution is 2.30. The van der Waals surface area contributed by atoms with Crippen LogP contribution in [0.25, 0.3) is 0 Å². The van der Waals surface area contributed by atoms with E-state index in [1.54, 1.807) is 66.2 Å². The third-order valence-corrected chi connectivity index (χ3v) is 8.63. The number of carbonyl (C=O) groups excluding carboxylic acids is 2. The van der Waals surface area contributed by atoms with Gasteiger partial charge in [-0.3, -0.25) is 4.99 Å². The first-order valence-electron chi connectivity index (χ1n) is 17.7. The molecule has 0 unspecified atom stereocenters. The average Bonchev–Trinajstić information content (AvgIpc) is 3.67. The summed E-state index contributed by atoms with van der Waals surface area (Å²) < 4.78 is 23.3. The van der Waals surface area contributed by atoms with Crippen LogP contribution in [0.2, 0.25) is 0 Å².